The second-order valence-corrected chi connectivity index (χ2v) is 5.59. The lowest BCUT2D eigenvalue weighted by Gasteiger charge is -2.05. The zero-order chi connectivity index (χ0) is 17.1. The molecule has 0 saturated carbocycles. The Morgan fingerprint density at radius 2 is 2.12 bits per heavy atom. The van der Waals surface area contributed by atoms with Gasteiger partial charge in [0.05, 0.1) is 17.6 Å². The van der Waals surface area contributed by atoms with Gasteiger partial charge in [-0.3, -0.25) is 9.48 Å². The topological polar surface area (TPSA) is 69.3 Å². The predicted octanol–water partition coefficient (Wildman–Crippen LogP) is 3.46. The van der Waals surface area contributed by atoms with Gasteiger partial charge in [0.15, 0.2) is 5.76 Å². The van der Waals surface area contributed by atoms with Crippen molar-refractivity contribution in [2.45, 2.75) is 20.5 Å². The van der Waals surface area contributed by atoms with Crippen LogP contribution in [0.3, 0.4) is 0 Å². The number of ether oxygens (including phenoxy) is 1. The molecule has 2 heterocycles. The van der Waals surface area contributed by atoms with E-state index in [1.165, 1.54) is 0 Å². The summed E-state index contributed by atoms with van der Waals surface area (Å²) in [6, 6.07) is 11.1. The highest BCUT2D eigenvalue weighted by Gasteiger charge is 2.14. The number of furan rings is 1. The monoisotopic (exact) mass is 325 g/mol. The third-order valence-electron chi connectivity index (χ3n) is 3.74. The van der Waals surface area contributed by atoms with Crippen molar-refractivity contribution >= 4 is 11.6 Å². The van der Waals surface area contributed by atoms with E-state index in [1.807, 2.05) is 45.2 Å². The van der Waals surface area contributed by atoms with Crippen LogP contribution < -0.4 is 10.1 Å². The van der Waals surface area contributed by atoms with Crippen LogP contribution in [-0.2, 0) is 13.7 Å². The zero-order valence-electron chi connectivity index (χ0n) is 13.9. The average Bonchev–Trinajstić information content (AvgIpc) is 3.15. The van der Waals surface area contributed by atoms with Crippen LogP contribution in [0.1, 0.15) is 27.6 Å². The summed E-state index contributed by atoms with van der Waals surface area (Å²) in [7, 11) is 1.82. The van der Waals surface area contributed by atoms with Crippen molar-refractivity contribution in [2.24, 2.45) is 7.05 Å². The van der Waals surface area contributed by atoms with Crippen molar-refractivity contribution in [3.63, 3.8) is 0 Å². The van der Waals surface area contributed by atoms with Crippen LogP contribution in [0.15, 0.2) is 47.0 Å². The molecular weight excluding hydrogens is 306 g/mol. The molecule has 1 N–H and O–H groups in total. The molecule has 1 aromatic carbocycles. The number of carbonyl (C=O) groups is 1. The number of nitrogens with zero attached hydrogens (tertiary/aromatic N) is 2. The molecule has 3 aromatic rings. The second-order valence-electron chi connectivity index (χ2n) is 5.59. The lowest BCUT2D eigenvalue weighted by Crippen LogP contribution is -2.11. The molecule has 0 aliphatic heterocycles. The minimum absolute atomic E-state index is 0.237. The Balaban J connectivity index is 1.62. The summed E-state index contributed by atoms with van der Waals surface area (Å²) in [5.74, 6) is 1.28. The summed E-state index contributed by atoms with van der Waals surface area (Å²) in [5.41, 5.74) is 2.66. The number of nitrogens with one attached hydrogen (secondary N) is 1. The number of anilines is 1. The molecule has 0 spiro atoms. The largest absolute Gasteiger partial charge is 0.486 e. The third-order valence-corrected chi connectivity index (χ3v) is 3.74. The number of carbonyl (C=O) groups excluding carboxylic acids is 1. The molecule has 6 heteroatoms. The number of aromatic nitrogens is 2. The van der Waals surface area contributed by atoms with Crippen molar-refractivity contribution in [1.29, 1.82) is 0 Å². The Morgan fingerprint density at radius 1 is 1.29 bits per heavy atom. The molecule has 3 rings (SSSR count). The fourth-order valence-corrected chi connectivity index (χ4v) is 2.24. The van der Waals surface area contributed by atoms with Crippen molar-refractivity contribution in [1.82, 2.24) is 9.78 Å². The first kappa shape index (κ1) is 15.9. The van der Waals surface area contributed by atoms with Gasteiger partial charge in [-0.15, -0.1) is 0 Å². The summed E-state index contributed by atoms with van der Waals surface area (Å²) >= 11 is 0. The van der Waals surface area contributed by atoms with Crippen molar-refractivity contribution in [3.05, 3.63) is 65.4 Å². The molecule has 24 heavy (non-hydrogen) atoms. The second kappa shape index (κ2) is 6.62. The van der Waals surface area contributed by atoms with Gasteiger partial charge in [0.25, 0.3) is 5.91 Å². The lowest BCUT2D eigenvalue weighted by atomic mass is 10.2. The normalized spacial score (nSPS) is 10.6. The summed E-state index contributed by atoms with van der Waals surface area (Å²) in [5, 5.41) is 6.87. The van der Waals surface area contributed by atoms with Crippen LogP contribution >= 0.6 is 0 Å². The van der Waals surface area contributed by atoms with E-state index < -0.39 is 0 Å². The number of hydrogen-bond acceptors (Lipinski definition) is 4. The third kappa shape index (κ3) is 3.48. The van der Waals surface area contributed by atoms with Gasteiger partial charge < -0.3 is 14.5 Å². The van der Waals surface area contributed by atoms with Crippen molar-refractivity contribution in [2.75, 3.05) is 5.32 Å². The standard InChI is InChI=1S/C18H19N3O3/c1-12-5-4-6-14(9-12)23-11-15-7-8-17(24-15)18(22)20-16-10-19-21(3)13(16)2/h4-10H,11H2,1-3H3,(H,20,22). The molecule has 0 atom stereocenters. The van der Waals surface area contributed by atoms with Crippen molar-refractivity contribution in [3.8, 4) is 5.75 Å². The quantitative estimate of drug-likeness (QED) is 0.780. The summed E-state index contributed by atoms with van der Waals surface area (Å²) < 4.78 is 12.9. The van der Waals surface area contributed by atoms with Crippen LogP contribution in [-0.4, -0.2) is 15.7 Å². The number of amides is 1. The molecule has 1 amide bonds. The number of benzene rings is 1. The van der Waals surface area contributed by atoms with Gasteiger partial charge in [0.2, 0.25) is 0 Å². The van der Waals surface area contributed by atoms with Gasteiger partial charge in [-0.2, -0.15) is 5.10 Å². The fourth-order valence-electron chi connectivity index (χ4n) is 2.24. The molecule has 124 valence electrons. The Labute approximate surface area is 140 Å². The highest BCUT2D eigenvalue weighted by Crippen LogP contribution is 2.18. The summed E-state index contributed by atoms with van der Waals surface area (Å²) in [6.07, 6.45) is 1.61. The Kier molecular flexibility index (Phi) is 4.37. The van der Waals surface area contributed by atoms with Gasteiger partial charge in [-0.1, -0.05) is 12.1 Å². The van der Waals surface area contributed by atoms with Crippen LogP contribution in [0.5, 0.6) is 5.75 Å². The maximum Gasteiger partial charge on any atom is 0.291 e. The molecule has 0 aliphatic carbocycles. The molecule has 0 aliphatic rings. The van der Waals surface area contributed by atoms with E-state index in [1.54, 1.807) is 23.0 Å². The Bertz CT molecular complexity index is 864. The summed E-state index contributed by atoms with van der Waals surface area (Å²) in [6.45, 7) is 4.15. The van der Waals surface area contributed by atoms with E-state index in [9.17, 15) is 4.79 Å². The molecule has 6 nitrogen and oxygen atoms in total. The van der Waals surface area contributed by atoms with Gasteiger partial charge >= 0.3 is 0 Å². The first-order valence-electron chi connectivity index (χ1n) is 7.61. The van der Waals surface area contributed by atoms with Crippen LogP contribution in [0.4, 0.5) is 5.69 Å². The molecule has 2 aromatic heterocycles. The minimum Gasteiger partial charge on any atom is -0.486 e. The van der Waals surface area contributed by atoms with E-state index >= 15 is 0 Å². The highest BCUT2D eigenvalue weighted by molar-refractivity contribution is 6.02. The highest BCUT2D eigenvalue weighted by atomic mass is 16.5. The van der Waals surface area contributed by atoms with Crippen LogP contribution in [0, 0.1) is 13.8 Å². The summed E-state index contributed by atoms with van der Waals surface area (Å²) in [4.78, 5) is 12.2. The smallest absolute Gasteiger partial charge is 0.291 e. The molecule has 0 fully saturated rings. The lowest BCUT2D eigenvalue weighted by molar-refractivity contribution is 0.0992. The van der Waals surface area contributed by atoms with E-state index in [2.05, 4.69) is 10.4 Å². The molecule has 0 saturated heterocycles. The first-order valence-corrected chi connectivity index (χ1v) is 7.61. The number of hydrogen-bond donors (Lipinski definition) is 1. The molecule has 0 bridgehead atoms. The predicted molar refractivity (Wildman–Crippen MR) is 90.1 cm³/mol. The molecule has 0 unspecified atom stereocenters. The van der Waals surface area contributed by atoms with E-state index in [4.69, 9.17) is 9.15 Å². The van der Waals surface area contributed by atoms with E-state index in [0.29, 0.717) is 11.4 Å². The first-order chi connectivity index (χ1) is 11.5. The van der Waals surface area contributed by atoms with Gasteiger partial charge in [0.1, 0.15) is 18.1 Å². The van der Waals surface area contributed by atoms with Gasteiger partial charge in [0, 0.05) is 7.05 Å². The SMILES string of the molecule is Cc1cccc(OCc2ccc(C(=O)Nc3cnn(C)c3C)o2)c1. The van der Waals surface area contributed by atoms with Crippen LogP contribution in [0.2, 0.25) is 0 Å². The molecule has 0 radical (unpaired) electrons. The van der Waals surface area contributed by atoms with Crippen LogP contribution in [0.25, 0.3) is 0 Å². The average molecular weight is 325 g/mol. The minimum atomic E-state index is -0.312. The van der Waals surface area contributed by atoms with Crippen molar-refractivity contribution < 1.29 is 13.9 Å². The fraction of sp³-hybridized carbons (Fsp3) is 0.222. The van der Waals surface area contributed by atoms with E-state index in [0.717, 1.165) is 17.0 Å². The molecular formula is C18H19N3O3. The number of rotatable bonds is 5. The Hall–Kier alpha value is -3.02. The zero-order valence-corrected chi connectivity index (χ0v) is 13.9. The maximum atomic E-state index is 12.2. The number of aryl methyl sites for hydroxylation is 2. The maximum absolute atomic E-state index is 12.2. The van der Waals surface area contributed by atoms with Gasteiger partial charge in [-0.25, -0.2) is 0 Å². The van der Waals surface area contributed by atoms with Gasteiger partial charge in [-0.05, 0) is 43.7 Å². The van der Waals surface area contributed by atoms with E-state index in [-0.39, 0.29) is 18.3 Å². The Morgan fingerprint density at radius 3 is 2.83 bits per heavy atom.